The van der Waals surface area contributed by atoms with Crippen molar-refractivity contribution in [1.82, 2.24) is 14.8 Å². The molecule has 2 aromatic carbocycles. The minimum Gasteiger partial charge on any atom is -0.273 e. The average Bonchev–Trinajstić information content (AvgIpc) is 3.26. The molecule has 0 saturated carbocycles. The summed E-state index contributed by atoms with van der Waals surface area (Å²) in [5.74, 6) is -0.0936. The van der Waals surface area contributed by atoms with Gasteiger partial charge in [0.2, 0.25) is 5.91 Å². The molecule has 0 spiro atoms. The van der Waals surface area contributed by atoms with Crippen molar-refractivity contribution in [3.8, 4) is 5.69 Å². The van der Waals surface area contributed by atoms with Crippen LogP contribution < -0.4 is 0 Å². The molecule has 1 atom stereocenters. The Hall–Kier alpha value is -2.92. The molecule has 3 aromatic rings. The van der Waals surface area contributed by atoms with Gasteiger partial charge in [-0.25, -0.2) is 9.69 Å². The quantitative estimate of drug-likeness (QED) is 0.672. The van der Waals surface area contributed by atoms with Gasteiger partial charge in [-0.1, -0.05) is 41.9 Å². The Morgan fingerprint density at radius 2 is 1.93 bits per heavy atom. The van der Waals surface area contributed by atoms with Gasteiger partial charge < -0.3 is 0 Å². The van der Waals surface area contributed by atoms with E-state index < -0.39 is 0 Å². The molecule has 1 aliphatic rings. The van der Waals surface area contributed by atoms with Gasteiger partial charge in [-0.3, -0.25) is 4.79 Å². The Morgan fingerprint density at radius 3 is 2.63 bits per heavy atom. The minimum absolute atomic E-state index is 0.0936. The van der Waals surface area contributed by atoms with Crippen LogP contribution in [-0.2, 0) is 4.79 Å². The van der Waals surface area contributed by atoms with Crippen molar-refractivity contribution in [2.45, 2.75) is 26.3 Å². The van der Waals surface area contributed by atoms with E-state index in [4.69, 9.17) is 11.6 Å². The molecule has 1 aromatic heterocycles. The number of benzene rings is 2. The summed E-state index contributed by atoms with van der Waals surface area (Å²) < 4.78 is 1.85. The van der Waals surface area contributed by atoms with E-state index >= 15 is 0 Å². The van der Waals surface area contributed by atoms with Gasteiger partial charge in [0, 0.05) is 30.1 Å². The smallest absolute Gasteiger partial charge is 0.240 e. The first-order chi connectivity index (χ1) is 13.0. The largest absolute Gasteiger partial charge is 0.273 e. The summed E-state index contributed by atoms with van der Waals surface area (Å²) in [5.41, 5.74) is 4.65. The fraction of sp³-hybridized carbons (Fsp3) is 0.190. The first-order valence-corrected chi connectivity index (χ1v) is 9.15. The van der Waals surface area contributed by atoms with Gasteiger partial charge >= 0.3 is 0 Å². The molecule has 2 heterocycles. The third-order valence-corrected chi connectivity index (χ3v) is 4.94. The van der Waals surface area contributed by atoms with E-state index in [-0.39, 0.29) is 11.9 Å². The van der Waals surface area contributed by atoms with Gasteiger partial charge in [0.25, 0.3) is 0 Å². The van der Waals surface area contributed by atoms with Gasteiger partial charge in [0.05, 0.1) is 23.1 Å². The predicted molar refractivity (Wildman–Crippen MR) is 106 cm³/mol. The fourth-order valence-corrected chi connectivity index (χ4v) is 3.59. The molecule has 136 valence electrons. The number of hydrogen-bond donors (Lipinski definition) is 0. The molecule has 0 N–H and O–H groups in total. The summed E-state index contributed by atoms with van der Waals surface area (Å²) in [6.45, 7) is 3.50. The summed E-state index contributed by atoms with van der Waals surface area (Å²) in [7, 11) is 0. The summed E-state index contributed by atoms with van der Waals surface area (Å²) in [6.07, 6.45) is 2.61. The fourth-order valence-electron chi connectivity index (χ4n) is 3.40. The van der Waals surface area contributed by atoms with Crippen LogP contribution in [0.25, 0.3) is 5.69 Å². The topological polar surface area (TPSA) is 50.5 Å². The van der Waals surface area contributed by atoms with Crippen molar-refractivity contribution in [1.29, 1.82) is 0 Å². The van der Waals surface area contributed by atoms with Crippen molar-refractivity contribution < 1.29 is 4.79 Å². The molecule has 5 nitrogen and oxygen atoms in total. The molecule has 0 unspecified atom stereocenters. The Labute approximate surface area is 162 Å². The minimum atomic E-state index is -0.172. The number of aromatic nitrogens is 2. The van der Waals surface area contributed by atoms with E-state index in [9.17, 15) is 4.79 Å². The molecular formula is C21H19ClN4O. The number of carbonyl (C=O) groups is 1. The van der Waals surface area contributed by atoms with E-state index in [1.165, 1.54) is 6.92 Å². The number of hydrogen-bond acceptors (Lipinski definition) is 3. The number of aryl methyl sites for hydroxylation is 1. The zero-order valence-electron chi connectivity index (χ0n) is 15.1. The third-order valence-electron chi connectivity index (χ3n) is 4.71. The number of para-hydroxylation sites is 1. The third kappa shape index (κ3) is 3.38. The maximum Gasteiger partial charge on any atom is 0.240 e. The van der Waals surface area contributed by atoms with E-state index in [0.717, 1.165) is 28.2 Å². The van der Waals surface area contributed by atoms with Gasteiger partial charge in [-0.2, -0.15) is 10.2 Å². The number of carbonyl (C=O) groups excluding carboxylic acids is 1. The second kappa shape index (κ2) is 7.00. The first-order valence-electron chi connectivity index (χ1n) is 8.78. The molecule has 0 bridgehead atoms. The van der Waals surface area contributed by atoms with E-state index in [0.29, 0.717) is 11.4 Å². The van der Waals surface area contributed by atoms with Crippen molar-refractivity contribution in [2.75, 3.05) is 0 Å². The van der Waals surface area contributed by atoms with E-state index in [2.05, 4.69) is 10.2 Å². The van der Waals surface area contributed by atoms with Crippen LogP contribution in [0.3, 0.4) is 0 Å². The highest BCUT2D eigenvalue weighted by Crippen LogP contribution is 2.34. The van der Waals surface area contributed by atoms with Crippen LogP contribution >= 0.6 is 11.6 Å². The summed E-state index contributed by atoms with van der Waals surface area (Å²) in [5, 5.41) is 11.4. The molecule has 6 heteroatoms. The van der Waals surface area contributed by atoms with Crippen molar-refractivity contribution >= 4 is 23.2 Å². The zero-order valence-corrected chi connectivity index (χ0v) is 15.9. The Balaban J connectivity index is 1.70. The molecule has 0 saturated heterocycles. The number of amides is 1. The molecule has 1 aliphatic heterocycles. The van der Waals surface area contributed by atoms with Crippen molar-refractivity contribution in [3.63, 3.8) is 0 Å². The van der Waals surface area contributed by atoms with Crippen LogP contribution in [0, 0.1) is 6.92 Å². The Kier molecular flexibility index (Phi) is 4.54. The second-order valence-corrected chi connectivity index (χ2v) is 7.03. The van der Waals surface area contributed by atoms with E-state index in [1.54, 1.807) is 5.01 Å². The van der Waals surface area contributed by atoms with Gasteiger partial charge in [-0.15, -0.1) is 0 Å². The molecular weight excluding hydrogens is 360 g/mol. The SMILES string of the molecule is CC(=O)N1N=C(c2cccc(Cl)c2)C[C@H]1c1cn(-c2ccccc2)nc1C. The molecule has 0 radical (unpaired) electrons. The van der Waals surface area contributed by atoms with Crippen LogP contribution in [0.15, 0.2) is 65.9 Å². The van der Waals surface area contributed by atoms with Crippen LogP contribution in [0.4, 0.5) is 0 Å². The lowest BCUT2D eigenvalue weighted by Crippen LogP contribution is -2.24. The zero-order chi connectivity index (χ0) is 19.0. The highest BCUT2D eigenvalue weighted by atomic mass is 35.5. The maximum atomic E-state index is 12.2. The lowest BCUT2D eigenvalue weighted by molar-refractivity contribution is -0.130. The highest BCUT2D eigenvalue weighted by molar-refractivity contribution is 6.31. The second-order valence-electron chi connectivity index (χ2n) is 6.59. The number of halogens is 1. The molecule has 27 heavy (non-hydrogen) atoms. The number of nitrogens with zero attached hydrogens (tertiary/aromatic N) is 4. The number of rotatable bonds is 3. The first kappa shape index (κ1) is 17.5. The monoisotopic (exact) mass is 378 g/mol. The maximum absolute atomic E-state index is 12.2. The summed E-state index contributed by atoms with van der Waals surface area (Å²) >= 11 is 6.12. The number of hydrazone groups is 1. The lowest BCUT2D eigenvalue weighted by Gasteiger charge is -2.19. The predicted octanol–water partition coefficient (Wildman–Crippen LogP) is 4.53. The Bertz CT molecular complexity index is 1030. The van der Waals surface area contributed by atoms with E-state index in [1.807, 2.05) is 72.4 Å². The molecule has 0 fully saturated rings. The molecule has 1 amide bonds. The highest BCUT2D eigenvalue weighted by Gasteiger charge is 2.33. The standard InChI is InChI=1S/C21H19ClN4O/c1-14-19(13-25(23-14)18-9-4-3-5-10-18)21-12-20(24-26(21)15(2)27)16-7-6-8-17(22)11-16/h3-11,13,21H,12H2,1-2H3/t21-/m0/s1. The van der Waals surface area contributed by atoms with Crippen molar-refractivity contribution in [2.24, 2.45) is 5.10 Å². The molecule has 4 rings (SSSR count). The van der Waals surface area contributed by atoms with Crippen LogP contribution in [0.5, 0.6) is 0 Å². The van der Waals surface area contributed by atoms with Crippen LogP contribution in [0.2, 0.25) is 5.02 Å². The molecule has 0 aliphatic carbocycles. The van der Waals surface area contributed by atoms with Crippen LogP contribution in [0.1, 0.15) is 36.2 Å². The lowest BCUT2D eigenvalue weighted by atomic mass is 9.99. The average molecular weight is 379 g/mol. The summed E-state index contributed by atoms with van der Waals surface area (Å²) in [4.78, 5) is 12.2. The van der Waals surface area contributed by atoms with Crippen molar-refractivity contribution in [3.05, 3.63) is 82.6 Å². The normalized spacial score (nSPS) is 16.5. The Morgan fingerprint density at radius 1 is 1.15 bits per heavy atom. The van der Waals surface area contributed by atoms with Gasteiger partial charge in [0.15, 0.2) is 0 Å². The van der Waals surface area contributed by atoms with Gasteiger partial charge in [-0.05, 0) is 36.8 Å². The summed E-state index contributed by atoms with van der Waals surface area (Å²) in [6, 6.07) is 17.3. The van der Waals surface area contributed by atoms with Crippen LogP contribution in [-0.4, -0.2) is 26.4 Å². The van der Waals surface area contributed by atoms with Gasteiger partial charge in [0.1, 0.15) is 0 Å².